The van der Waals surface area contributed by atoms with Gasteiger partial charge in [0.2, 0.25) is 0 Å². The molecule has 1 saturated heterocycles. The molecule has 1 atom stereocenters. The molecule has 108 valence electrons. The first-order chi connectivity index (χ1) is 8.61. The van der Waals surface area contributed by atoms with E-state index in [1.165, 1.54) is 19.3 Å². The van der Waals surface area contributed by atoms with Gasteiger partial charge in [-0.2, -0.15) is 0 Å². The molecule has 0 spiro atoms. The standard InChI is InChI=1S/C14H30N2O2/c1-12(2)18-11-14(17)10-16-8-5-13(6-9-16)4-7-15-3/h12-15,17H,4-11H2,1-3H3. The fourth-order valence-corrected chi connectivity index (χ4v) is 2.46. The number of hydrogen-bond acceptors (Lipinski definition) is 4. The molecule has 0 aromatic rings. The zero-order chi connectivity index (χ0) is 13.4. The summed E-state index contributed by atoms with van der Waals surface area (Å²) in [4.78, 5) is 2.37. The summed E-state index contributed by atoms with van der Waals surface area (Å²) in [5.74, 6) is 0.859. The molecular weight excluding hydrogens is 228 g/mol. The molecule has 4 nitrogen and oxygen atoms in total. The molecule has 1 aliphatic heterocycles. The number of β-amino-alcohol motifs (C(OH)–C–C–N with tert-alkyl or cyclic N) is 1. The molecule has 0 aromatic heterocycles. The summed E-state index contributed by atoms with van der Waals surface area (Å²) in [5.41, 5.74) is 0. The number of nitrogens with one attached hydrogen (secondary N) is 1. The first kappa shape index (κ1) is 15.9. The minimum Gasteiger partial charge on any atom is -0.389 e. The third kappa shape index (κ3) is 6.69. The van der Waals surface area contributed by atoms with Crippen LogP contribution in [-0.4, -0.2) is 62.0 Å². The highest BCUT2D eigenvalue weighted by molar-refractivity contribution is 4.74. The van der Waals surface area contributed by atoms with E-state index in [0.29, 0.717) is 6.61 Å². The van der Waals surface area contributed by atoms with E-state index in [4.69, 9.17) is 4.74 Å². The van der Waals surface area contributed by atoms with Crippen molar-refractivity contribution in [2.45, 2.75) is 45.3 Å². The summed E-state index contributed by atoms with van der Waals surface area (Å²) in [5, 5.41) is 13.1. The highest BCUT2D eigenvalue weighted by Crippen LogP contribution is 2.20. The van der Waals surface area contributed by atoms with Crippen LogP contribution in [0.2, 0.25) is 0 Å². The van der Waals surface area contributed by atoms with Crippen molar-refractivity contribution < 1.29 is 9.84 Å². The number of hydrogen-bond donors (Lipinski definition) is 2. The van der Waals surface area contributed by atoms with Gasteiger partial charge in [0.05, 0.1) is 18.8 Å². The Bertz CT molecular complexity index is 204. The topological polar surface area (TPSA) is 44.7 Å². The van der Waals surface area contributed by atoms with E-state index in [1.54, 1.807) is 0 Å². The van der Waals surface area contributed by atoms with Crippen LogP contribution in [0.1, 0.15) is 33.1 Å². The number of ether oxygens (including phenoxy) is 1. The van der Waals surface area contributed by atoms with Gasteiger partial charge in [-0.3, -0.25) is 0 Å². The quantitative estimate of drug-likeness (QED) is 0.684. The van der Waals surface area contributed by atoms with Crippen LogP contribution in [0.3, 0.4) is 0 Å². The number of likely N-dealkylation sites (tertiary alicyclic amines) is 1. The molecule has 1 fully saturated rings. The summed E-state index contributed by atoms with van der Waals surface area (Å²) in [6.07, 6.45) is 3.66. The zero-order valence-electron chi connectivity index (χ0n) is 12.2. The predicted molar refractivity (Wildman–Crippen MR) is 74.8 cm³/mol. The van der Waals surface area contributed by atoms with Crippen LogP contribution in [0, 0.1) is 5.92 Å². The molecule has 0 radical (unpaired) electrons. The van der Waals surface area contributed by atoms with E-state index in [1.807, 2.05) is 20.9 Å². The average Bonchev–Trinajstić information content (AvgIpc) is 2.35. The first-order valence-corrected chi connectivity index (χ1v) is 7.28. The number of aliphatic hydroxyl groups is 1. The Morgan fingerprint density at radius 3 is 2.56 bits per heavy atom. The van der Waals surface area contributed by atoms with Crippen LogP contribution < -0.4 is 5.32 Å². The minimum atomic E-state index is -0.346. The van der Waals surface area contributed by atoms with Crippen LogP contribution in [0.15, 0.2) is 0 Å². The molecule has 0 amide bonds. The molecule has 4 heteroatoms. The van der Waals surface area contributed by atoms with Crippen LogP contribution in [0.25, 0.3) is 0 Å². The Labute approximate surface area is 112 Å². The summed E-state index contributed by atoms with van der Waals surface area (Å²) in [6, 6.07) is 0. The Hall–Kier alpha value is -0.160. The number of aliphatic hydroxyl groups excluding tert-OH is 1. The van der Waals surface area contributed by atoms with Crippen molar-refractivity contribution in [1.29, 1.82) is 0 Å². The maximum Gasteiger partial charge on any atom is 0.0900 e. The molecule has 1 aliphatic rings. The van der Waals surface area contributed by atoms with Crippen molar-refractivity contribution in [2.75, 3.05) is 39.8 Å². The van der Waals surface area contributed by atoms with Crippen molar-refractivity contribution >= 4 is 0 Å². The van der Waals surface area contributed by atoms with Crippen molar-refractivity contribution in [1.82, 2.24) is 10.2 Å². The number of piperidine rings is 1. The average molecular weight is 258 g/mol. The lowest BCUT2D eigenvalue weighted by atomic mass is 9.93. The second kappa shape index (κ2) is 8.86. The van der Waals surface area contributed by atoms with Crippen molar-refractivity contribution in [3.8, 4) is 0 Å². The Kier molecular flexibility index (Phi) is 7.82. The van der Waals surface area contributed by atoms with Crippen molar-refractivity contribution in [3.05, 3.63) is 0 Å². The van der Waals surface area contributed by atoms with Gasteiger partial charge in [0.25, 0.3) is 0 Å². The highest BCUT2D eigenvalue weighted by Gasteiger charge is 2.20. The molecule has 1 rings (SSSR count). The van der Waals surface area contributed by atoms with Gasteiger partial charge in [-0.05, 0) is 65.7 Å². The summed E-state index contributed by atoms with van der Waals surface area (Å²) in [6.45, 7) is 8.57. The molecule has 1 unspecified atom stereocenters. The lowest BCUT2D eigenvalue weighted by Crippen LogP contribution is -2.40. The molecule has 0 aliphatic carbocycles. The lowest BCUT2D eigenvalue weighted by molar-refractivity contribution is -0.0125. The van der Waals surface area contributed by atoms with E-state index in [9.17, 15) is 5.11 Å². The smallest absolute Gasteiger partial charge is 0.0900 e. The second-order valence-corrected chi connectivity index (χ2v) is 5.67. The van der Waals surface area contributed by atoms with Gasteiger partial charge in [-0.15, -0.1) is 0 Å². The summed E-state index contributed by atoms with van der Waals surface area (Å²) < 4.78 is 5.43. The predicted octanol–water partition coefficient (Wildman–Crippen LogP) is 1.09. The fourth-order valence-electron chi connectivity index (χ4n) is 2.46. The first-order valence-electron chi connectivity index (χ1n) is 7.28. The summed E-state index contributed by atoms with van der Waals surface area (Å²) >= 11 is 0. The van der Waals surface area contributed by atoms with Crippen LogP contribution in [0.4, 0.5) is 0 Å². The van der Waals surface area contributed by atoms with Gasteiger partial charge >= 0.3 is 0 Å². The molecule has 18 heavy (non-hydrogen) atoms. The van der Waals surface area contributed by atoms with Gasteiger partial charge in [-0.1, -0.05) is 0 Å². The van der Waals surface area contributed by atoms with Crippen LogP contribution >= 0.6 is 0 Å². The van der Waals surface area contributed by atoms with E-state index in [-0.39, 0.29) is 12.2 Å². The Morgan fingerprint density at radius 1 is 1.33 bits per heavy atom. The van der Waals surface area contributed by atoms with Crippen molar-refractivity contribution in [2.24, 2.45) is 5.92 Å². The van der Waals surface area contributed by atoms with Gasteiger partial charge in [0, 0.05) is 6.54 Å². The van der Waals surface area contributed by atoms with E-state index in [2.05, 4.69) is 10.2 Å². The van der Waals surface area contributed by atoms with E-state index >= 15 is 0 Å². The monoisotopic (exact) mass is 258 g/mol. The molecular formula is C14H30N2O2. The normalized spacial score (nSPS) is 20.5. The molecule has 0 saturated carbocycles. The number of rotatable bonds is 8. The third-order valence-corrected chi connectivity index (χ3v) is 3.60. The lowest BCUT2D eigenvalue weighted by Gasteiger charge is -2.33. The SMILES string of the molecule is CNCCC1CCN(CC(O)COC(C)C)CC1. The van der Waals surface area contributed by atoms with E-state index in [0.717, 1.165) is 32.1 Å². The maximum atomic E-state index is 9.88. The largest absolute Gasteiger partial charge is 0.389 e. The maximum absolute atomic E-state index is 9.88. The second-order valence-electron chi connectivity index (χ2n) is 5.67. The van der Waals surface area contributed by atoms with Gasteiger partial charge < -0.3 is 20.1 Å². The van der Waals surface area contributed by atoms with Gasteiger partial charge in [-0.25, -0.2) is 0 Å². The molecule has 0 aromatic carbocycles. The Balaban J connectivity index is 2.11. The zero-order valence-corrected chi connectivity index (χ0v) is 12.2. The van der Waals surface area contributed by atoms with E-state index < -0.39 is 0 Å². The van der Waals surface area contributed by atoms with Gasteiger partial charge in [0.15, 0.2) is 0 Å². The fraction of sp³-hybridized carbons (Fsp3) is 1.00. The van der Waals surface area contributed by atoms with Gasteiger partial charge in [0.1, 0.15) is 0 Å². The number of nitrogens with zero attached hydrogens (tertiary/aromatic N) is 1. The van der Waals surface area contributed by atoms with Crippen molar-refractivity contribution in [3.63, 3.8) is 0 Å². The van der Waals surface area contributed by atoms with Crippen LogP contribution in [-0.2, 0) is 4.74 Å². The summed E-state index contributed by atoms with van der Waals surface area (Å²) in [7, 11) is 2.01. The minimum absolute atomic E-state index is 0.201. The highest BCUT2D eigenvalue weighted by atomic mass is 16.5. The molecule has 0 bridgehead atoms. The molecule has 1 heterocycles. The molecule has 2 N–H and O–H groups in total. The Morgan fingerprint density at radius 2 is 2.00 bits per heavy atom. The third-order valence-electron chi connectivity index (χ3n) is 3.60. The van der Waals surface area contributed by atoms with Crippen LogP contribution in [0.5, 0.6) is 0 Å².